The highest BCUT2D eigenvalue weighted by molar-refractivity contribution is 5.94. The number of hydrogen-bond acceptors (Lipinski definition) is 2. The molecule has 0 amide bonds. The summed E-state index contributed by atoms with van der Waals surface area (Å²) in [6.07, 6.45) is 1.73. The zero-order valence-electron chi connectivity index (χ0n) is 9.47. The predicted octanol–water partition coefficient (Wildman–Crippen LogP) is 4.11. The molecule has 0 aliphatic heterocycles. The summed E-state index contributed by atoms with van der Waals surface area (Å²) in [5.41, 5.74) is 4.12. The maximum Gasteiger partial charge on any atom is 0.134 e. The number of hydrogen-bond donors (Lipinski definition) is 1. The first kappa shape index (κ1) is 9.97. The van der Waals surface area contributed by atoms with Crippen LogP contribution in [-0.2, 0) is 0 Å². The van der Waals surface area contributed by atoms with Crippen LogP contribution in [0.1, 0.15) is 5.56 Å². The molecule has 84 valence electrons. The van der Waals surface area contributed by atoms with Gasteiger partial charge in [0, 0.05) is 10.9 Å². The molecule has 0 unspecified atom stereocenters. The molecule has 17 heavy (non-hydrogen) atoms. The van der Waals surface area contributed by atoms with Crippen molar-refractivity contribution in [2.75, 3.05) is 0 Å². The molecular weight excluding hydrogens is 212 g/mol. The van der Waals surface area contributed by atoms with Gasteiger partial charge in [-0.1, -0.05) is 29.8 Å². The molecule has 2 nitrogen and oxygen atoms in total. The summed E-state index contributed by atoms with van der Waals surface area (Å²) in [4.78, 5) is 0. The van der Waals surface area contributed by atoms with Crippen molar-refractivity contribution in [2.45, 2.75) is 6.92 Å². The van der Waals surface area contributed by atoms with E-state index >= 15 is 0 Å². The van der Waals surface area contributed by atoms with E-state index in [0.29, 0.717) is 0 Å². The number of benzene rings is 2. The van der Waals surface area contributed by atoms with Crippen molar-refractivity contribution in [1.82, 2.24) is 0 Å². The molecule has 0 saturated heterocycles. The Morgan fingerprint density at radius 1 is 1.00 bits per heavy atom. The summed E-state index contributed by atoms with van der Waals surface area (Å²) >= 11 is 0. The molecule has 0 saturated carbocycles. The highest BCUT2D eigenvalue weighted by Crippen LogP contribution is 2.32. The molecule has 0 aliphatic carbocycles. The van der Waals surface area contributed by atoms with Gasteiger partial charge < -0.3 is 9.52 Å². The van der Waals surface area contributed by atoms with E-state index in [4.69, 9.17) is 4.42 Å². The van der Waals surface area contributed by atoms with Gasteiger partial charge in [0.05, 0.1) is 6.26 Å². The van der Waals surface area contributed by atoms with Crippen molar-refractivity contribution >= 4 is 11.0 Å². The van der Waals surface area contributed by atoms with Gasteiger partial charge in [0.15, 0.2) is 0 Å². The van der Waals surface area contributed by atoms with E-state index < -0.39 is 0 Å². The summed E-state index contributed by atoms with van der Waals surface area (Å²) in [6, 6.07) is 13.4. The van der Waals surface area contributed by atoms with E-state index in [1.807, 2.05) is 0 Å². The molecule has 0 bridgehead atoms. The number of rotatable bonds is 1. The Morgan fingerprint density at radius 2 is 1.76 bits per heavy atom. The molecular formula is C15H12O2. The van der Waals surface area contributed by atoms with Crippen LogP contribution in [0, 0.1) is 6.92 Å². The van der Waals surface area contributed by atoms with Gasteiger partial charge in [0.1, 0.15) is 11.3 Å². The smallest absolute Gasteiger partial charge is 0.134 e. The van der Waals surface area contributed by atoms with E-state index in [-0.39, 0.29) is 5.75 Å². The van der Waals surface area contributed by atoms with Crippen LogP contribution in [-0.4, -0.2) is 5.11 Å². The average Bonchev–Trinajstić information content (AvgIpc) is 2.73. The minimum absolute atomic E-state index is 0.257. The molecule has 0 atom stereocenters. The Kier molecular flexibility index (Phi) is 2.15. The highest BCUT2D eigenvalue weighted by atomic mass is 16.3. The Bertz CT molecular complexity index is 663. The van der Waals surface area contributed by atoms with Crippen molar-refractivity contribution in [3.63, 3.8) is 0 Å². The van der Waals surface area contributed by atoms with E-state index in [2.05, 4.69) is 31.2 Å². The van der Waals surface area contributed by atoms with Crippen LogP contribution in [0.2, 0.25) is 0 Å². The van der Waals surface area contributed by atoms with Gasteiger partial charge in [-0.3, -0.25) is 0 Å². The lowest BCUT2D eigenvalue weighted by Gasteiger charge is -1.99. The van der Waals surface area contributed by atoms with E-state index in [1.54, 1.807) is 24.5 Å². The van der Waals surface area contributed by atoms with Crippen molar-refractivity contribution < 1.29 is 9.52 Å². The van der Waals surface area contributed by atoms with Gasteiger partial charge in [-0.2, -0.15) is 0 Å². The number of aryl methyl sites for hydroxylation is 1. The first-order valence-corrected chi connectivity index (χ1v) is 5.51. The van der Waals surface area contributed by atoms with Gasteiger partial charge in [-0.25, -0.2) is 0 Å². The van der Waals surface area contributed by atoms with Crippen LogP contribution in [0.3, 0.4) is 0 Å². The summed E-state index contributed by atoms with van der Waals surface area (Å²) in [6.45, 7) is 2.06. The number of fused-ring (bicyclic) bond motifs is 1. The van der Waals surface area contributed by atoms with Crippen LogP contribution in [0.5, 0.6) is 5.75 Å². The number of furan rings is 1. The van der Waals surface area contributed by atoms with Crippen molar-refractivity contribution in [3.8, 4) is 16.9 Å². The van der Waals surface area contributed by atoms with E-state index in [9.17, 15) is 5.11 Å². The normalized spacial score (nSPS) is 10.9. The SMILES string of the molecule is Cc1ccc(-c2coc3ccc(O)cc23)cc1. The second-order valence-electron chi connectivity index (χ2n) is 4.20. The van der Waals surface area contributed by atoms with Gasteiger partial charge >= 0.3 is 0 Å². The fourth-order valence-corrected chi connectivity index (χ4v) is 1.97. The first-order valence-electron chi connectivity index (χ1n) is 5.51. The fourth-order valence-electron chi connectivity index (χ4n) is 1.97. The lowest BCUT2D eigenvalue weighted by atomic mass is 10.0. The summed E-state index contributed by atoms with van der Waals surface area (Å²) in [5, 5.41) is 10.5. The molecule has 2 heteroatoms. The molecule has 0 radical (unpaired) electrons. The van der Waals surface area contributed by atoms with E-state index in [0.717, 1.165) is 22.1 Å². The maximum atomic E-state index is 9.52. The van der Waals surface area contributed by atoms with Crippen LogP contribution in [0.25, 0.3) is 22.1 Å². The Hall–Kier alpha value is -2.22. The molecule has 2 aromatic carbocycles. The zero-order chi connectivity index (χ0) is 11.8. The van der Waals surface area contributed by atoms with Gasteiger partial charge in [0.25, 0.3) is 0 Å². The van der Waals surface area contributed by atoms with Gasteiger partial charge in [0.2, 0.25) is 0 Å². The van der Waals surface area contributed by atoms with Crippen LogP contribution >= 0.6 is 0 Å². The van der Waals surface area contributed by atoms with Crippen molar-refractivity contribution in [3.05, 3.63) is 54.3 Å². The Balaban J connectivity index is 2.23. The van der Waals surface area contributed by atoms with Gasteiger partial charge in [-0.05, 0) is 30.7 Å². The van der Waals surface area contributed by atoms with Gasteiger partial charge in [-0.15, -0.1) is 0 Å². The molecule has 3 rings (SSSR count). The molecule has 3 aromatic rings. The van der Waals surface area contributed by atoms with Crippen LogP contribution in [0.15, 0.2) is 53.1 Å². The monoisotopic (exact) mass is 224 g/mol. The fraction of sp³-hybridized carbons (Fsp3) is 0.0667. The minimum atomic E-state index is 0.257. The molecule has 0 aliphatic rings. The maximum absolute atomic E-state index is 9.52. The molecule has 1 aromatic heterocycles. The highest BCUT2D eigenvalue weighted by Gasteiger charge is 2.08. The van der Waals surface area contributed by atoms with Crippen molar-refractivity contribution in [2.24, 2.45) is 0 Å². The zero-order valence-corrected chi connectivity index (χ0v) is 9.47. The first-order chi connectivity index (χ1) is 8.24. The number of phenols is 1. The molecule has 0 spiro atoms. The van der Waals surface area contributed by atoms with Crippen LogP contribution in [0.4, 0.5) is 0 Å². The van der Waals surface area contributed by atoms with Crippen molar-refractivity contribution in [1.29, 1.82) is 0 Å². The third kappa shape index (κ3) is 1.68. The third-order valence-corrected chi connectivity index (χ3v) is 2.92. The Labute approximate surface area is 99.1 Å². The molecule has 0 fully saturated rings. The predicted molar refractivity (Wildman–Crippen MR) is 68.1 cm³/mol. The number of aromatic hydroxyl groups is 1. The minimum Gasteiger partial charge on any atom is -0.508 e. The summed E-state index contributed by atoms with van der Waals surface area (Å²) < 4.78 is 5.48. The van der Waals surface area contributed by atoms with Crippen LogP contribution < -0.4 is 0 Å². The second kappa shape index (κ2) is 3.67. The second-order valence-corrected chi connectivity index (χ2v) is 4.20. The average molecular weight is 224 g/mol. The summed E-state index contributed by atoms with van der Waals surface area (Å²) in [5.74, 6) is 0.257. The standard InChI is InChI=1S/C15H12O2/c1-10-2-4-11(5-3-10)14-9-17-15-7-6-12(16)8-13(14)15/h2-9,16H,1H3. The summed E-state index contributed by atoms with van der Waals surface area (Å²) in [7, 11) is 0. The molecule has 1 heterocycles. The third-order valence-electron chi connectivity index (χ3n) is 2.92. The molecule has 1 N–H and O–H groups in total. The number of phenolic OH excluding ortho intramolecular Hbond substituents is 1. The topological polar surface area (TPSA) is 33.4 Å². The van der Waals surface area contributed by atoms with E-state index in [1.165, 1.54) is 5.56 Å². The lowest BCUT2D eigenvalue weighted by Crippen LogP contribution is -1.76. The quantitative estimate of drug-likeness (QED) is 0.674. The Morgan fingerprint density at radius 3 is 2.53 bits per heavy atom. The largest absolute Gasteiger partial charge is 0.508 e. The lowest BCUT2D eigenvalue weighted by molar-refractivity contribution is 0.476.